The minimum atomic E-state index is -0.228. The number of ketones is 1. The number of likely N-dealkylation sites (tertiary alicyclic amines) is 2. The third-order valence-electron chi connectivity index (χ3n) is 17.0. The van der Waals surface area contributed by atoms with Crippen LogP contribution in [0.1, 0.15) is 131 Å². The molecule has 5 fully saturated rings. The van der Waals surface area contributed by atoms with Gasteiger partial charge in [-0.25, -0.2) is 0 Å². The van der Waals surface area contributed by atoms with Crippen molar-refractivity contribution in [2.24, 2.45) is 22.6 Å². The van der Waals surface area contributed by atoms with E-state index in [1.807, 2.05) is 52.6 Å². The van der Waals surface area contributed by atoms with Gasteiger partial charge in [-0.05, 0) is 139 Å². The molecule has 3 aromatic carbocycles. The Morgan fingerprint density at radius 2 is 1.47 bits per heavy atom. The number of benzene rings is 3. The van der Waals surface area contributed by atoms with Crippen molar-refractivity contribution in [3.8, 4) is 11.5 Å². The van der Waals surface area contributed by atoms with Gasteiger partial charge in [0.1, 0.15) is 42.1 Å². The molecule has 3 amide bonds. The number of fused-ring (bicyclic) bond motifs is 2. The fourth-order valence-electron chi connectivity index (χ4n) is 13.0. The normalized spacial score (nSPS) is 25.1. The molecule has 5 atom stereocenters. The molecule has 1 aromatic heterocycles. The summed E-state index contributed by atoms with van der Waals surface area (Å²) in [4.78, 5) is 65.7. The van der Waals surface area contributed by atoms with Gasteiger partial charge in [-0.15, -0.1) is 0 Å². The van der Waals surface area contributed by atoms with Crippen molar-refractivity contribution < 1.29 is 38.1 Å². The van der Waals surface area contributed by atoms with E-state index in [1.54, 1.807) is 12.0 Å². The van der Waals surface area contributed by atoms with Gasteiger partial charge in [0.2, 0.25) is 11.8 Å². The molecule has 76 heavy (non-hydrogen) atoms. The highest BCUT2D eigenvalue weighted by molar-refractivity contribution is 6.09. The van der Waals surface area contributed by atoms with Gasteiger partial charge in [0.05, 0.1) is 31.5 Å². The maximum atomic E-state index is 14.7. The number of aliphatic imine (C=N–C) groups is 1. The second kappa shape index (κ2) is 24.1. The summed E-state index contributed by atoms with van der Waals surface area (Å²) in [6.07, 6.45) is 12.7. The number of nitrogens with two attached hydrogens (primary N) is 1. The van der Waals surface area contributed by atoms with Crippen LogP contribution in [0.15, 0.2) is 76.9 Å². The van der Waals surface area contributed by atoms with Crippen molar-refractivity contribution >= 4 is 40.0 Å². The van der Waals surface area contributed by atoms with E-state index < -0.39 is 0 Å². The summed E-state index contributed by atoms with van der Waals surface area (Å²) in [5, 5.41) is 7.21. The van der Waals surface area contributed by atoms with Gasteiger partial charge in [-0.1, -0.05) is 55.0 Å². The molecule has 15 heteroatoms. The smallest absolute Gasteiger partial charge is 0.270 e. The molecule has 1 unspecified atom stereocenters. The molecular weight excluding hydrogens is 959 g/mol. The predicted molar refractivity (Wildman–Crippen MR) is 293 cm³/mol. The highest BCUT2D eigenvalue weighted by Gasteiger charge is 2.36. The lowest BCUT2D eigenvalue weighted by Crippen LogP contribution is -2.49. The number of hydrogen-bond donors (Lipinski definition) is 1. The highest BCUT2D eigenvalue weighted by Crippen LogP contribution is 2.35. The van der Waals surface area contributed by atoms with E-state index in [0.717, 1.165) is 133 Å². The molecule has 0 spiro atoms. The monoisotopic (exact) mass is 1040 g/mol. The first-order valence-electron chi connectivity index (χ1n) is 28.5. The fraction of sp³-hybridized carbons (Fsp3) is 0.574. The number of morpholine rings is 1. The second-order valence-corrected chi connectivity index (χ2v) is 22.6. The van der Waals surface area contributed by atoms with E-state index in [-0.39, 0.29) is 78.7 Å². The number of Topliss-reactive ketones (excluding diaryl/α,β-unsaturated/α-hetero) is 1. The van der Waals surface area contributed by atoms with E-state index in [4.69, 9.17) is 34.8 Å². The number of carbonyl (C=O) groups is 4. The quantitative estimate of drug-likeness (QED) is 0.0959. The molecular formula is C61H79N7O8. The summed E-state index contributed by atoms with van der Waals surface area (Å²) in [6.45, 7) is 9.88. The second-order valence-electron chi connectivity index (χ2n) is 22.6. The zero-order valence-corrected chi connectivity index (χ0v) is 45.3. The van der Waals surface area contributed by atoms with Gasteiger partial charge >= 0.3 is 0 Å². The van der Waals surface area contributed by atoms with Crippen molar-refractivity contribution in [2.75, 3.05) is 52.9 Å². The topological polar surface area (TPSA) is 171 Å². The minimum absolute atomic E-state index is 0.00639. The Kier molecular flexibility index (Phi) is 16.9. The average molecular weight is 1040 g/mol. The number of hydrogen-bond acceptors (Lipinski definition) is 11. The maximum absolute atomic E-state index is 14.7. The number of piperidine rings is 2. The van der Waals surface area contributed by atoms with Crippen LogP contribution in [-0.4, -0.2) is 137 Å². The van der Waals surface area contributed by atoms with Gasteiger partial charge in [0.15, 0.2) is 5.78 Å². The number of methoxy groups -OCH3 is 1. The molecule has 406 valence electrons. The fourth-order valence-corrected chi connectivity index (χ4v) is 13.0. The van der Waals surface area contributed by atoms with Crippen molar-refractivity contribution in [3.63, 3.8) is 0 Å². The number of aromatic nitrogens is 2. The molecule has 0 radical (unpaired) electrons. The molecule has 0 bridgehead atoms. The molecule has 1 saturated carbocycles. The lowest BCUT2D eigenvalue weighted by molar-refractivity contribution is -0.139. The summed E-state index contributed by atoms with van der Waals surface area (Å²) in [6, 6.07) is 20.9. The van der Waals surface area contributed by atoms with Gasteiger partial charge < -0.3 is 39.4 Å². The lowest BCUT2D eigenvalue weighted by Gasteiger charge is -2.35. The van der Waals surface area contributed by atoms with Gasteiger partial charge in [-0.3, -0.25) is 28.9 Å². The lowest BCUT2D eigenvalue weighted by atomic mass is 9.85. The van der Waals surface area contributed by atoms with Crippen molar-refractivity contribution in [2.45, 2.75) is 161 Å². The Balaban J connectivity index is 0.716. The minimum Gasteiger partial charge on any atom is -0.496 e. The number of amides is 3. The number of allylic oxidation sites excluding steroid dienone is 1. The van der Waals surface area contributed by atoms with E-state index in [0.29, 0.717) is 76.6 Å². The molecule has 2 aliphatic carbocycles. The van der Waals surface area contributed by atoms with Crippen LogP contribution in [0, 0.1) is 11.8 Å². The van der Waals surface area contributed by atoms with Crippen LogP contribution in [0.25, 0.3) is 10.8 Å². The van der Waals surface area contributed by atoms with Crippen molar-refractivity contribution in [1.29, 1.82) is 0 Å². The molecule has 2 N–H and O–H groups in total. The summed E-state index contributed by atoms with van der Waals surface area (Å²) in [7, 11) is 1.73. The van der Waals surface area contributed by atoms with Gasteiger partial charge in [0.25, 0.3) is 5.91 Å². The summed E-state index contributed by atoms with van der Waals surface area (Å²) < 4.78 is 26.8. The zero-order chi connectivity index (χ0) is 52.9. The molecule has 4 saturated heterocycles. The summed E-state index contributed by atoms with van der Waals surface area (Å²) in [5.74, 6) is 1.86. The molecule has 5 heterocycles. The molecule has 10 rings (SSSR count). The largest absolute Gasteiger partial charge is 0.496 e. The molecule has 6 aliphatic rings. The van der Waals surface area contributed by atoms with Gasteiger partial charge in [0, 0.05) is 86.0 Å². The van der Waals surface area contributed by atoms with E-state index in [9.17, 15) is 19.2 Å². The maximum Gasteiger partial charge on any atom is 0.270 e. The third-order valence-corrected chi connectivity index (χ3v) is 17.0. The Hall–Kier alpha value is -6.06. The summed E-state index contributed by atoms with van der Waals surface area (Å²) in [5.41, 5.74) is 13.2. The highest BCUT2D eigenvalue weighted by atomic mass is 16.5. The van der Waals surface area contributed by atoms with Gasteiger partial charge in [-0.2, -0.15) is 5.10 Å². The SMILES string of the molecule is COc1cc(C[C@@H]2CC(C(=O)c3nn(CC(=O)N4CCC(Oc5cccc6ccccc56)CC4)c4c3CCC4)CCC[C@H](C)O2)ccc1CC1CCN(C(=O)CN=C2CCC/C2=C(/N)C(=O)N2C[C@@H](C)O[C@@H](C)C2)CC1. The Morgan fingerprint density at radius 3 is 2.26 bits per heavy atom. The predicted octanol–water partition coefficient (Wildman–Crippen LogP) is 8.25. The first kappa shape index (κ1) is 53.3. The molecule has 4 aliphatic heterocycles. The summed E-state index contributed by atoms with van der Waals surface area (Å²) >= 11 is 0. The molecule has 15 nitrogen and oxygen atoms in total. The first-order valence-corrected chi connectivity index (χ1v) is 28.5. The third kappa shape index (κ3) is 12.4. The standard InChI is InChI=1S/C61H79N7O8/c1-39-11-7-14-46(60(71)59-51-17-10-19-53(51)68(64-59)38-57(70)66-29-25-47(26-30-66)76-54-20-8-13-44-12-5-6-15-49(44)54)34-48(75-39)32-43-21-22-45(55(33-43)73-4)31-42-23-27-65(28-24-42)56(69)35-63-52-18-9-16-50(52)58(62)61(72)67-36-40(2)74-41(3)37-67/h5-6,8,12-13,15,20-22,33,39-42,46-48H,7,9-11,14,16-19,23-32,34-38,62H2,1-4H3/b58-50-,63-52?/t39-,40-,41+,46?,48+/m0/s1. The van der Waals surface area contributed by atoms with E-state index in [2.05, 4.69) is 43.3 Å². The number of ether oxygens (including phenoxy) is 4. The van der Waals surface area contributed by atoms with Crippen LogP contribution in [0.4, 0.5) is 0 Å². The Bertz CT molecular complexity index is 2810. The first-order chi connectivity index (χ1) is 36.9. The van der Waals surface area contributed by atoms with Crippen LogP contribution in [0.5, 0.6) is 11.5 Å². The van der Waals surface area contributed by atoms with Crippen LogP contribution < -0.4 is 15.2 Å². The van der Waals surface area contributed by atoms with Crippen LogP contribution in [0.3, 0.4) is 0 Å². The van der Waals surface area contributed by atoms with E-state index in [1.165, 1.54) is 0 Å². The van der Waals surface area contributed by atoms with Crippen LogP contribution in [0.2, 0.25) is 0 Å². The van der Waals surface area contributed by atoms with E-state index >= 15 is 0 Å². The van der Waals surface area contributed by atoms with Crippen molar-refractivity contribution in [1.82, 2.24) is 24.5 Å². The number of carbonyl (C=O) groups excluding carboxylic acids is 4. The average Bonchev–Trinajstić information content (AvgIpc) is 4.19. The van der Waals surface area contributed by atoms with Crippen molar-refractivity contribution in [3.05, 3.63) is 100 Å². The molecule has 4 aromatic rings. The Labute approximate surface area is 448 Å². The number of nitrogens with zero attached hydrogens (tertiary/aromatic N) is 6. The number of rotatable bonds is 14. The zero-order valence-electron chi connectivity index (χ0n) is 45.3. The van der Waals surface area contributed by atoms with Crippen LogP contribution in [-0.2, 0) is 56.1 Å². The van der Waals surface area contributed by atoms with Crippen LogP contribution >= 0.6 is 0 Å². The Morgan fingerprint density at radius 1 is 0.737 bits per heavy atom.